The van der Waals surface area contributed by atoms with Crippen molar-refractivity contribution in [2.24, 2.45) is 0 Å². The zero-order valence-electron chi connectivity index (χ0n) is 10.7. The molecule has 1 saturated heterocycles. The van der Waals surface area contributed by atoms with Crippen molar-refractivity contribution < 1.29 is 23.9 Å². The van der Waals surface area contributed by atoms with Crippen LogP contribution in [0.2, 0.25) is 0 Å². The number of amides is 2. The zero-order valence-corrected chi connectivity index (χ0v) is 11.5. The third kappa shape index (κ3) is 2.90. The van der Waals surface area contributed by atoms with Crippen molar-refractivity contribution in [1.82, 2.24) is 10.2 Å². The normalized spacial score (nSPS) is 17.0. The van der Waals surface area contributed by atoms with Gasteiger partial charge in [-0.05, 0) is 30.4 Å². The molecule has 8 heteroatoms. The van der Waals surface area contributed by atoms with Crippen LogP contribution in [-0.4, -0.2) is 39.4 Å². The second-order valence-electron chi connectivity index (χ2n) is 4.03. The quantitative estimate of drug-likeness (QED) is 0.369. The lowest BCUT2D eigenvalue weighted by atomic mass is 10.1. The van der Waals surface area contributed by atoms with Crippen molar-refractivity contribution in [1.29, 1.82) is 0 Å². The van der Waals surface area contributed by atoms with E-state index in [1.807, 2.05) is 0 Å². The van der Waals surface area contributed by atoms with Gasteiger partial charge in [0.05, 0.1) is 0 Å². The molecule has 0 bridgehead atoms. The van der Waals surface area contributed by atoms with Crippen LogP contribution < -0.4 is 5.32 Å². The zero-order chi connectivity index (χ0) is 15.6. The van der Waals surface area contributed by atoms with Gasteiger partial charge in [0.1, 0.15) is 11.3 Å². The number of hydrogen-bond acceptors (Lipinski definition) is 5. The topological polar surface area (TPSA) is 99.8 Å². The van der Waals surface area contributed by atoms with Crippen LogP contribution in [0.4, 0.5) is 0 Å². The maximum Gasteiger partial charge on any atom is 0.371 e. The van der Waals surface area contributed by atoms with Gasteiger partial charge in [0.25, 0.3) is 11.8 Å². The molecular formula is C13H10N2O5S. The summed E-state index contributed by atoms with van der Waals surface area (Å²) in [7, 11) is 0. The lowest BCUT2D eigenvalue weighted by Gasteiger charge is -2.27. The molecule has 0 atom stereocenters. The third-order valence-electron chi connectivity index (χ3n) is 2.62. The fourth-order valence-corrected chi connectivity index (χ4v) is 1.93. The summed E-state index contributed by atoms with van der Waals surface area (Å²) in [5, 5.41) is 11.1. The molecule has 0 saturated carbocycles. The van der Waals surface area contributed by atoms with E-state index < -0.39 is 17.8 Å². The molecule has 1 aromatic heterocycles. The van der Waals surface area contributed by atoms with Crippen LogP contribution in [0.25, 0.3) is 6.08 Å². The van der Waals surface area contributed by atoms with Crippen LogP contribution in [0.3, 0.4) is 0 Å². The van der Waals surface area contributed by atoms with E-state index >= 15 is 0 Å². The number of carboxylic acids is 1. The Hall–Kier alpha value is -2.74. The fourth-order valence-electron chi connectivity index (χ4n) is 1.68. The molecule has 7 nitrogen and oxygen atoms in total. The molecule has 2 amide bonds. The molecule has 21 heavy (non-hydrogen) atoms. The number of hydrogen-bond donors (Lipinski definition) is 2. The first-order valence-corrected chi connectivity index (χ1v) is 6.17. The number of nitrogens with zero attached hydrogens (tertiary/aromatic N) is 1. The van der Waals surface area contributed by atoms with E-state index in [1.165, 1.54) is 24.3 Å². The minimum absolute atomic E-state index is 0.00674. The summed E-state index contributed by atoms with van der Waals surface area (Å²) < 4.78 is 4.99. The van der Waals surface area contributed by atoms with Crippen molar-refractivity contribution in [3.63, 3.8) is 0 Å². The summed E-state index contributed by atoms with van der Waals surface area (Å²) in [6, 6.07) is 2.58. The van der Waals surface area contributed by atoms with Crippen molar-refractivity contribution in [3.05, 3.63) is 41.9 Å². The average Bonchev–Trinajstić information content (AvgIpc) is 2.88. The summed E-state index contributed by atoms with van der Waals surface area (Å²) in [4.78, 5) is 35.9. The second-order valence-corrected chi connectivity index (χ2v) is 4.42. The summed E-state index contributed by atoms with van der Waals surface area (Å²) >= 11 is 4.90. The highest BCUT2D eigenvalue weighted by Crippen LogP contribution is 2.16. The van der Waals surface area contributed by atoms with Gasteiger partial charge in [-0.1, -0.05) is 6.08 Å². The van der Waals surface area contributed by atoms with Crippen LogP contribution in [0.15, 0.2) is 34.8 Å². The number of rotatable bonds is 4. The molecule has 2 rings (SSSR count). The second kappa shape index (κ2) is 5.71. The predicted octanol–water partition coefficient (Wildman–Crippen LogP) is 0.790. The lowest BCUT2D eigenvalue weighted by molar-refractivity contribution is -0.128. The summed E-state index contributed by atoms with van der Waals surface area (Å²) in [5.41, 5.74) is -0.197. The van der Waals surface area contributed by atoms with Gasteiger partial charge in [-0.2, -0.15) is 0 Å². The number of carbonyl (C=O) groups is 3. The monoisotopic (exact) mass is 306 g/mol. The van der Waals surface area contributed by atoms with Gasteiger partial charge in [-0.25, -0.2) is 4.79 Å². The Morgan fingerprint density at radius 1 is 1.48 bits per heavy atom. The van der Waals surface area contributed by atoms with Gasteiger partial charge in [0.15, 0.2) is 5.11 Å². The molecule has 1 aliphatic rings. The highest BCUT2D eigenvalue weighted by molar-refractivity contribution is 7.80. The molecular weight excluding hydrogens is 296 g/mol. The van der Waals surface area contributed by atoms with Crippen LogP contribution in [0, 0.1) is 0 Å². The van der Waals surface area contributed by atoms with Gasteiger partial charge in [-0.3, -0.25) is 19.8 Å². The van der Waals surface area contributed by atoms with Gasteiger partial charge in [0, 0.05) is 6.54 Å². The van der Waals surface area contributed by atoms with E-state index in [9.17, 15) is 14.4 Å². The first kappa shape index (κ1) is 14.7. The molecule has 1 fully saturated rings. The Morgan fingerprint density at radius 3 is 2.76 bits per heavy atom. The molecule has 108 valence electrons. The van der Waals surface area contributed by atoms with Gasteiger partial charge in [-0.15, -0.1) is 6.58 Å². The molecule has 0 aromatic carbocycles. The van der Waals surface area contributed by atoms with E-state index in [1.54, 1.807) is 0 Å². The summed E-state index contributed by atoms with van der Waals surface area (Å²) in [6.45, 7) is 3.65. The molecule has 0 unspecified atom stereocenters. The smallest absolute Gasteiger partial charge is 0.371 e. The van der Waals surface area contributed by atoms with Gasteiger partial charge in [0.2, 0.25) is 5.76 Å². The third-order valence-corrected chi connectivity index (χ3v) is 2.94. The fraction of sp³-hybridized carbons (Fsp3) is 0.0769. The number of carboxylic acid groups (broad SMARTS) is 1. The SMILES string of the molecule is C=CCN1C(=O)/C(=C\c2ccc(C(=O)O)o2)C(=O)NC1=S. The van der Waals surface area contributed by atoms with Crippen LogP contribution >= 0.6 is 12.2 Å². The molecule has 0 radical (unpaired) electrons. The Balaban J connectivity index is 2.35. The largest absolute Gasteiger partial charge is 0.475 e. The maximum absolute atomic E-state index is 12.2. The predicted molar refractivity (Wildman–Crippen MR) is 76.3 cm³/mol. The number of thiocarbonyl (C=S) groups is 1. The Kier molecular flexibility index (Phi) is 3.99. The van der Waals surface area contributed by atoms with Crippen molar-refractivity contribution in [2.45, 2.75) is 0 Å². The minimum atomic E-state index is -1.24. The first-order chi connectivity index (χ1) is 9.93. The van der Waals surface area contributed by atoms with Crippen LogP contribution in [0.5, 0.6) is 0 Å². The van der Waals surface area contributed by atoms with Crippen LogP contribution in [-0.2, 0) is 9.59 Å². The molecule has 2 heterocycles. The van der Waals surface area contributed by atoms with E-state index in [0.717, 1.165) is 4.90 Å². The molecule has 0 aliphatic carbocycles. The van der Waals surface area contributed by atoms with Gasteiger partial charge >= 0.3 is 5.97 Å². The molecule has 2 N–H and O–H groups in total. The Labute approximate surface area is 124 Å². The summed E-state index contributed by atoms with van der Waals surface area (Å²) in [6.07, 6.45) is 2.64. The van der Waals surface area contributed by atoms with Gasteiger partial charge < -0.3 is 9.52 Å². The minimum Gasteiger partial charge on any atom is -0.475 e. The summed E-state index contributed by atoms with van der Waals surface area (Å²) in [5.74, 6) is -2.72. The standard InChI is InChI=1S/C13H10N2O5S/c1-2-5-15-11(17)8(10(16)14-13(15)21)6-7-3-4-9(20-7)12(18)19/h2-4,6H,1,5H2,(H,18,19)(H,14,16,21)/b8-6-. The van der Waals surface area contributed by atoms with E-state index in [2.05, 4.69) is 11.9 Å². The highest BCUT2D eigenvalue weighted by Gasteiger charge is 2.32. The van der Waals surface area contributed by atoms with Crippen molar-refractivity contribution in [3.8, 4) is 0 Å². The average molecular weight is 306 g/mol. The molecule has 1 aliphatic heterocycles. The van der Waals surface area contributed by atoms with Crippen LogP contribution in [0.1, 0.15) is 16.3 Å². The number of furan rings is 1. The Morgan fingerprint density at radius 2 is 2.19 bits per heavy atom. The molecule has 1 aromatic rings. The van der Waals surface area contributed by atoms with Crippen molar-refractivity contribution in [2.75, 3.05) is 6.54 Å². The highest BCUT2D eigenvalue weighted by atomic mass is 32.1. The van der Waals surface area contributed by atoms with Crippen molar-refractivity contribution >= 4 is 41.2 Å². The van der Waals surface area contributed by atoms with E-state index in [-0.39, 0.29) is 28.8 Å². The first-order valence-electron chi connectivity index (χ1n) is 5.77. The molecule has 0 spiro atoms. The van der Waals surface area contributed by atoms with E-state index in [4.69, 9.17) is 21.7 Å². The Bertz CT molecular complexity index is 688. The van der Waals surface area contributed by atoms with E-state index in [0.29, 0.717) is 0 Å². The number of carbonyl (C=O) groups excluding carboxylic acids is 2. The number of aromatic carboxylic acids is 1. The lowest BCUT2D eigenvalue weighted by Crippen LogP contribution is -2.53. The number of nitrogens with one attached hydrogen (secondary N) is 1. The maximum atomic E-state index is 12.2.